The van der Waals surface area contributed by atoms with E-state index in [0.717, 1.165) is 41.1 Å². The summed E-state index contributed by atoms with van der Waals surface area (Å²) >= 11 is 6.30. The predicted molar refractivity (Wildman–Crippen MR) is 146 cm³/mol. The third-order valence-corrected chi connectivity index (χ3v) is 7.48. The van der Waals surface area contributed by atoms with Crippen LogP contribution in [0.4, 0.5) is 15.9 Å². The van der Waals surface area contributed by atoms with Crippen molar-refractivity contribution in [3.05, 3.63) is 83.3 Å². The number of fused-ring (bicyclic) bond motifs is 1. The van der Waals surface area contributed by atoms with Crippen LogP contribution in [0, 0.1) is 5.82 Å². The van der Waals surface area contributed by atoms with Crippen LogP contribution in [0.1, 0.15) is 36.8 Å². The van der Waals surface area contributed by atoms with E-state index in [-0.39, 0.29) is 11.7 Å². The average Bonchev–Trinajstić information content (AvgIpc) is 3.66. The van der Waals surface area contributed by atoms with Gasteiger partial charge in [0.2, 0.25) is 5.91 Å². The number of anilines is 2. The van der Waals surface area contributed by atoms with Gasteiger partial charge in [-0.3, -0.25) is 4.79 Å². The molecule has 7 nitrogen and oxygen atoms in total. The number of piperazine rings is 1. The van der Waals surface area contributed by atoms with E-state index in [2.05, 4.69) is 4.90 Å². The lowest BCUT2D eigenvalue weighted by molar-refractivity contribution is -0.131. The van der Waals surface area contributed by atoms with Crippen LogP contribution < -0.4 is 9.80 Å². The molecule has 1 aliphatic heterocycles. The number of benzene rings is 2. The predicted octanol–water partition coefficient (Wildman–Crippen LogP) is 5.64. The van der Waals surface area contributed by atoms with E-state index in [9.17, 15) is 9.18 Å². The minimum Gasteiger partial charge on any atom is -0.467 e. The molecule has 1 amide bonds. The van der Waals surface area contributed by atoms with Gasteiger partial charge in [-0.15, -0.1) is 0 Å². The molecule has 3 heterocycles. The average molecular weight is 534 g/mol. The fourth-order valence-corrected chi connectivity index (χ4v) is 5.18. The summed E-state index contributed by atoms with van der Waals surface area (Å²) in [5.74, 6) is 2.63. The number of nitrogens with zero attached hydrogens (tertiary/aromatic N) is 5. The second-order valence-corrected chi connectivity index (χ2v) is 10.3. The maximum absolute atomic E-state index is 14.2. The van der Waals surface area contributed by atoms with E-state index in [1.807, 2.05) is 46.2 Å². The van der Waals surface area contributed by atoms with E-state index < -0.39 is 0 Å². The number of amides is 1. The van der Waals surface area contributed by atoms with E-state index in [4.69, 9.17) is 26.0 Å². The summed E-state index contributed by atoms with van der Waals surface area (Å²) in [6, 6.07) is 16.2. The lowest BCUT2D eigenvalue weighted by Crippen LogP contribution is -2.49. The van der Waals surface area contributed by atoms with Crippen molar-refractivity contribution in [2.75, 3.05) is 42.5 Å². The molecule has 1 saturated carbocycles. The van der Waals surface area contributed by atoms with Crippen LogP contribution in [0.15, 0.2) is 65.3 Å². The molecule has 2 aromatic heterocycles. The van der Waals surface area contributed by atoms with Gasteiger partial charge < -0.3 is 19.1 Å². The third kappa shape index (κ3) is 5.31. The zero-order chi connectivity index (χ0) is 26.1. The van der Waals surface area contributed by atoms with Gasteiger partial charge in [0.25, 0.3) is 0 Å². The van der Waals surface area contributed by atoms with Gasteiger partial charge in [-0.25, -0.2) is 14.4 Å². The van der Waals surface area contributed by atoms with Gasteiger partial charge in [0.15, 0.2) is 0 Å². The highest BCUT2D eigenvalue weighted by Gasteiger charge is 2.29. The van der Waals surface area contributed by atoms with Crippen LogP contribution in [-0.2, 0) is 11.3 Å². The zero-order valence-corrected chi connectivity index (χ0v) is 21.8. The summed E-state index contributed by atoms with van der Waals surface area (Å²) in [6.07, 6.45) is 4.15. The fraction of sp³-hybridized carbons (Fsp3) is 0.345. The SMILES string of the molecule is O=C(CCN(Cc1ccco1)c1nc(C2CC2)nc2cc(Cl)ccc12)N1CCN(c2ccccc2F)CC1. The normalized spacial score (nSPS) is 15.7. The molecule has 2 aromatic carbocycles. The maximum atomic E-state index is 14.2. The van der Waals surface area contributed by atoms with Crippen molar-refractivity contribution in [3.63, 3.8) is 0 Å². The van der Waals surface area contributed by atoms with Crippen LogP contribution in [0.3, 0.4) is 0 Å². The number of carbonyl (C=O) groups is 1. The summed E-state index contributed by atoms with van der Waals surface area (Å²) in [7, 11) is 0. The molecular weight excluding hydrogens is 505 g/mol. The molecule has 2 fully saturated rings. The third-order valence-electron chi connectivity index (χ3n) is 7.25. The van der Waals surface area contributed by atoms with Gasteiger partial charge in [-0.05, 0) is 55.3 Å². The first-order valence-corrected chi connectivity index (χ1v) is 13.4. The molecule has 6 rings (SSSR count). The minimum atomic E-state index is -0.232. The van der Waals surface area contributed by atoms with Gasteiger partial charge in [0.05, 0.1) is 24.0 Å². The van der Waals surface area contributed by atoms with Crippen molar-refractivity contribution in [1.29, 1.82) is 0 Å². The van der Waals surface area contributed by atoms with Crippen molar-refractivity contribution >= 4 is 39.9 Å². The Labute approximate surface area is 225 Å². The summed E-state index contributed by atoms with van der Waals surface area (Å²) < 4.78 is 19.9. The van der Waals surface area contributed by atoms with Crippen molar-refractivity contribution in [3.8, 4) is 0 Å². The molecule has 0 N–H and O–H groups in total. The topological polar surface area (TPSA) is 65.7 Å². The molecule has 196 valence electrons. The number of furan rings is 1. The molecule has 0 spiro atoms. The molecule has 4 aromatic rings. The molecule has 1 aliphatic carbocycles. The van der Waals surface area contributed by atoms with E-state index in [1.54, 1.807) is 18.4 Å². The summed E-state index contributed by atoms with van der Waals surface area (Å²) in [5.41, 5.74) is 1.40. The van der Waals surface area contributed by atoms with Crippen LogP contribution in [0.2, 0.25) is 5.02 Å². The first-order valence-electron chi connectivity index (χ1n) is 13.1. The summed E-state index contributed by atoms with van der Waals surface area (Å²) in [6.45, 7) is 3.29. The number of aromatic nitrogens is 2. The Morgan fingerprint density at radius 1 is 1.05 bits per heavy atom. The number of rotatable bonds is 8. The minimum absolute atomic E-state index is 0.0754. The highest BCUT2D eigenvalue weighted by molar-refractivity contribution is 6.31. The number of hydrogen-bond donors (Lipinski definition) is 0. The van der Waals surface area contributed by atoms with Gasteiger partial charge in [-0.2, -0.15) is 0 Å². The van der Waals surface area contributed by atoms with Crippen LogP contribution in [-0.4, -0.2) is 53.5 Å². The Morgan fingerprint density at radius 3 is 2.61 bits per heavy atom. The second-order valence-electron chi connectivity index (χ2n) is 9.91. The van der Waals surface area contributed by atoms with E-state index >= 15 is 0 Å². The second kappa shape index (κ2) is 10.6. The Kier molecular flexibility index (Phi) is 6.89. The molecule has 0 unspecified atom stereocenters. The Hall–Kier alpha value is -3.65. The first kappa shape index (κ1) is 24.7. The molecule has 0 bridgehead atoms. The fourth-order valence-electron chi connectivity index (χ4n) is 5.01. The molecule has 1 saturated heterocycles. The smallest absolute Gasteiger partial charge is 0.224 e. The quantitative estimate of drug-likeness (QED) is 0.292. The molecule has 0 atom stereocenters. The van der Waals surface area contributed by atoms with Crippen molar-refractivity contribution < 1.29 is 13.6 Å². The van der Waals surface area contributed by atoms with Crippen LogP contribution in [0.25, 0.3) is 10.9 Å². The highest BCUT2D eigenvalue weighted by atomic mass is 35.5. The monoisotopic (exact) mass is 533 g/mol. The van der Waals surface area contributed by atoms with E-state index in [1.165, 1.54) is 6.07 Å². The lowest BCUT2D eigenvalue weighted by Gasteiger charge is -2.36. The zero-order valence-electron chi connectivity index (χ0n) is 21.0. The number of para-hydroxylation sites is 1. The maximum Gasteiger partial charge on any atom is 0.224 e. The Morgan fingerprint density at radius 2 is 1.87 bits per heavy atom. The molecule has 38 heavy (non-hydrogen) atoms. The van der Waals surface area contributed by atoms with Crippen LogP contribution >= 0.6 is 11.6 Å². The summed E-state index contributed by atoms with van der Waals surface area (Å²) in [5, 5.41) is 1.53. The van der Waals surface area contributed by atoms with Crippen molar-refractivity contribution in [2.45, 2.75) is 31.7 Å². The van der Waals surface area contributed by atoms with E-state index in [0.29, 0.717) is 62.3 Å². The van der Waals surface area contributed by atoms with Crippen LogP contribution in [0.5, 0.6) is 0 Å². The van der Waals surface area contributed by atoms with Crippen molar-refractivity contribution in [2.24, 2.45) is 0 Å². The summed E-state index contributed by atoms with van der Waals surface area (Å²) in [4.78, 5) is 29.0. The lowest BCUT2D eigenvalue weighted by atomic mass is 10.2. The number of hydrogen-bond acceptors (Lipinski definition) is 6. The van der Waals surface area contributed by atoms with Gasteiger partial charge >= 0.3 is 0 Å². The highest BCUT2D eigenvalue weighted by Crippen LogP contribution is 2.40. The molecular formula is C29H29ClFN5O2. The number of halogens is 2. The van der Waals surface area contributed by atoms with Gasteiger partial charge in [0, 0.05) is 55.5 Å². The van der Waals surface area contributed by atoms with Gasteiger partial charge in [-0.1, -0.05) is 23.7 Å². The molecule has 2 aliphatic rings. The molecule has 9 heteroatoms. The molecule has 0 radical (unpaired) electrons. The van der Waals surface area contributed by atoms with Crippen molar-refractivity contribution in [1.82, 2.24) is 14.9 Å². The first-order chi connectivity index (χ1) is 18.5. The Bertz CT molecular complexity index is 1430. The standard InChI is InChI=1S/C29H29ClFN5O2/c30-21-9-10-23-25(18-21)32-28(20-7-8-20)33-29(23)36(19-22-4-3-17-38-22)12-11-27(37)35-15-13-34(14-16-35)26-6-2-1-5-24(26)31/h1-6,9-10,17-18,20H,7-8,11-16,19H2. The number of carbonyl (C=O) groups excluding carboxylic acids is 1. The largest absolute Gasteiger partial charge is 0.467 e. The Balaban J connectivity index is 1.20. The van der Waals surface area contributed by atoms with Gasteiger partial charge in [0.1, 0.15) is 23.2 Å².